The molecule has 0 aromatic carbocycles. The van der Waals surface area contributed by atoms with Crippen LogP contribution in [0.3, 0.4) is 0 Å². The highest BCUT2D eigenvalue weighted by Gasteiger charge is 2.32. The number of halogens is 1. The molecule has 5 heteroatoms. The van der Waals surface area contributed by atoms with Crippen LogP contribution in [0.2, 0.25) is 0 Å². The maximum absolute atomic E-state index is 12.5. The van der Waals surface area contributed by atoms with E-state index in [2.05, 4.69) is 9.79 Å². The maximum Gasteiger partial charge on any atom is 0.236 e. The molecule has 1 aromatic heterocycles. The molecule has 1 aliphatic heterocycles. The summed E-state index contributed by atoms with van der Waals surface area (Å²) in [6.45, 7) is 0.154. The van der Waals surface area contributed by atoms with E-state index in [0.29, 0.717) is 5.69 Å². The van der Waals surface area contributed by atoms with E-state index in [9.17, 15) is 9.50 Å². The molecule has 0 fully saturated rings. The largest absolute Gasteiger partial charge is 0.539 e. The molecule has 0 bridgehead atoms. The van der Waals surface area contributed by atoms with Gasteiger partial charge in [-0.25, -0.2) is 4.39 Å². The zero-order chi connectivity index (χ0) is 7.14. The molecule has 1 atom stereocenters. The fourth-order valence-electron chi connectivity index (χ4n) is 1.09. The van der Waals surface area contributed by atoms with E-state index in [1.807, 2.05) is 0 Å². The molecule has 2 rings (SSSR count). The summed E-state index contributed by atoms with van der Waals surface area (Å²) in [6.07, 6.45) is -0.825. The van der Waals surface area contributed by atoms with Gasteiger partial charge in [-0.3, -0.25) is 0 Å². The molecule has 0 spiro atoms. The topological polar surface area (TPSA) is 53.0 Å². The summed E-state index contributed by atoms with van der Waals surface area (Å²) in [4.78, 5) is 0. The standard InChI is InChI=1S/C5H5FN2O2/c6-3-1-4-5(9)10-7-8(4)2-3/h3H,1-2H2/t3-/m1/s1. The minimum Gasteiger partial charge on any atom is -0.539 e. The highest BCUT2D eigenvalue weighted by molar-refractivity contribution is 5.06. The number of hydrogen-bond acceptors (Lipinski definition) is 3. The molecule has 0 aliphatic carbocycles. The van der Waals surface area contributed by atoms with Crippen LogP contribution in [0.15, 0.2) is 4.52 Å². The van der Waals surface area contributed by atoms with E-state index in [-0.39, 0.29) is 13.0 Å². The number of alkyl halides is 1. The molecule has 2 heterocycles. The highest BCUT2D eigenvalue weighted by atomic mass is 19.1. The van der Waals surface area contributed by atoms with E-state index in [0.717, 1.165) is 0 Å². The first kappa shape index (κ1) is 5.64. The Bertz CT molecular complexity index is 260. The third kappa shape index (κ3) is 0.600. The molecule has 54 valence electrons. The molecule has 10 heavy (non-hydrogen) atoms. The summed E-state index contributed by atoms with van der Waals surface area (Å²) in [5.41, 5.74) is 0.340. The van der Waals surface area contributed by atoms with Crippen LogP contribution >= 0.6 is 0 Å². The summed E-state index contributed by atoms with van der Waals surface area (Å²) in [5, 5.41) is 14.0. The third-order valence-corrected chi connectivity index (χ3v) is 1.56. The summed E-state index contributed by atoms with van der Waals surface area (Å²) in [6, 6.07) is 0. The van der Waals surface area contributed by atoms with Crippen molar-refractivity contribution in [2.45, 2.75) is 19.1 Å². The molecule has 4 nitrogen and oxygen atoms in total. The Morgan fingerprint density at radius 2 is 2.60 bits per heavy atom. The smallest absolute Gasteiger partial charge is 0.236 e. The molecule has 0 amide bonds. The molecule has 0 saturated heterocycles. The second kappa shape index (κ2) is 1.68. The van der Waals surface area contributed by atoms with Gasteiger partial charge in [0.15, 0.2) is 12.1 Å². The summed E-state index contributed by atoms with van der Waals surface area (Å²) < 4.78 is 18.0. The van der Waals surface area contributed by atoms with Crippen LogP contribution in [-0.4, -0.2) is 11.4 Å². The van der Waals surface area contributed by atoms with Gasteiger partial charge in [-0.05, 0) is 0 Å². The van der Waals surface area contributed by atoms with Crippen molar-refractivity contribution < 1.29 is 18.7 Å². The monoisotopic (exact) mass is 144 g/mol. The van der Waals surface area contributed by atoms with E-state index in [1.165, 1.54) is 4.68 Å². The zero-order valence-corrected chi connectivity index (χ0v) is 5.08. The van der Waals surface area contributed by atoms with Gasteiger partial charge >= 0.3 is 0 Å². The van der Waals surface area contributed by atoms with Crippen LogP contribution in [-0.2, 0) is 13.0 Å². The second-order valence-corrected chi connectivity index (χ2v) is 2.29. The van der Waals surface area contributed by atoms with Crippen molar-refractivity contribution in [3.8, 4) is 5.95 Å². The molecular formula is C5H5FN2O2. The number of aromatic nitrogens is 2. The van der Waals surface area contributed by atoms with Crippen molar-refractivity contribution in [2.75, 3.05) is 0 Å². The van der Waals surface area contributed by atoms with E-state index in [1.54, 1.807) is 0 Å². The van der Waals surface area contributed by atoms with Gasteiger partial charge in [0.05, 0.1) is 11.7 Å². The molecule has 0 unspecified atom stereocenters. The Morgan fingerprint density at radius 1 is 1.80 bits per heavy atom. The predicted octanol–water partition coefficient (Wildman–Crippen LogP) is -1.07. The summed E-state index contributed by atoms with van der Waals surface area (Å²) in [7, 11) is 0. The van der Waals surface area contributed by atoms with Gasteiger partial charge in [-0.2, -0.15) is 0 Å². The first-order chi connectivity index (χ1) is 4.77. The molecule has 0 radical (unpaired) electrons. The zero-order valence-electron chi connectivity index (χ0n) is 5.08. The summed E-state index contributed by atoms with van der Waals surface area (Å²) >= 11 is 0. The lowest BCUT2D eigenvalue weighted by Gasteiger charge is -1.88. The molecule has 0 saturated carbocycles. The first-order valence-electron chi connectivity index (χ1n) is 2.97. The van der Waals surface area contributed by atoms with Crippen LogP contribution in [0.4, 0.5) is 4.39 Å². The van der Waals surface area contributed by atoms with Crippen LogP contribution in [0.25, 0.3) is 0 Å². The Balaban J connectivity index is 2.44. The van der Waals surface area contributed by atoms with Gasteiger partial charge < -0.3 is 9.63 Å². The Labute approximate surface area is 55.8 Å². The normalized spacial score (nSPS) is 23.1. The van der Waals surface area contributed by atoms with Gasteiger partial charge in [0, 0.05) is 0 Å². The van der Waals surface area contributed by atoms with Crippen molar-refractivity contribution in [1.82, 2.24) is 5.27 Å². The van der Waals surface area contributed by atoms with Crippen molar-refractivity contribution in [2.24, 2.45) is 0 Å². The van der Waals surface area contributed by atoms with E-state index < -0.39 is 12.1 Å². The van der Waals surface area contributed by atoms with Gasteiger partial charge in [0.2, 0.25) is 12.2 Å². The van der Waals surface area contributed by atoms with Crippen LogP contribution < -0.4 is 9.79 Å². The van der Waals surface area contributed by atoms with Gasteiger partial charge in [-0.1, -0.05) is 4.68 Å². The SMILES string of the molecule is [O-]c1on[n+]2c1C[C@@H](F)C2. The van der Waals surface area contributed by atoms with E-state index in [4.69, 9.17) is 0 Å². The second-order valence-electron chi connectivity index (χ2n) is 2.29. The minimum atomic E-state index is -0.966. The average molecular weight is 144 g/mol. The van der Waals surface area contributed by atoms with Crippen molar-refractivity contribution in [1.29, 1.82) is 0 Å². The highest BCUT2D eigenvalue weighted by Crippen LogP contribution is 2.16. The quantitative estimate of drug-likeness (QED) is 0.435. The minimum absolute atomic E-state index is 0.141. The third-order valence-electron chi connectivity index (χ3n) is 1.56. The Kier molecular flexibility index (Phi) is 0.947. The lowest BCUT2D eigenvalue weighted by atomic mass is 10.3. The lowest BCUT2D eigenvalue weighted by molar-refractivity contribution is -0.759. The van der Waals surface area contributed by atoms with Crippen molar-refractivity contribution in [3.63, 3.8) is 0 Å². The van der Waals surface area contributed by atoms with Crippen LogP contribution in [0.1, 0.15) is 5.69 Å². The van der Waals surface area contributed by atoms with Crippen LogP contribution in [0.5, 0.6) is 5.95 Å². The number of hydrogen-bond donors (Lipinski definition) is 0. The number of nitrogens with zero attached hydrogens (tertiary/aromatic N) is 2. The fraction of sp³-hybridized carbons (Fsp3) is 0.600. The Morgan fingerprint density at radius 3 is 3.30 bits per heavy atom. The summed E-state index contributed by atoms with van der Waals surface area (Å²) in [5.74, 6) is -0.514. The molecule has 0 N–H and O–H groups in total. The molecule has 1 aromatic rings. The first-order valence-corrected chi connectivity index (χ1v) is 2.97. The van der Waals surface area contributed by atoms with Crippen molar-refractivity contribution in [3.05, 3.63) is 5.69 Å². The van der Waals surface area contributed by atoms with Crippen LogP contribution in [0, 0.1) is 0 Å². The van der Waals surface area contributed by atoms with Gasteiger partial charge in [-0.15, -0.1) is 0 Å². The maximum atomic E-state index is 12.5. The molecule has 1 aliphatic rings. The van der Waals surface area contributed by atoms with Gasteiger partial charge in [0.1, 0.15) is 0 Å². The predicted molar refractivity (Wildman–Crippen MR) is 24.7 cm³/mol. The van der Waals surface area contributed by atoms with Gasteiger partial charge in [0.25, 0.3) is 0 Å². The Hall–Kier alpha value is -1.13. The number of rotatable bonds is 0. The average Bonchev–Trinajstić information content (AvgIpc) is 2.35. The molecular weight excluding hydrogens is 139 g/mol. The van der Waals surface area contributed by atoms with Crippen molar-refractivity contribution >= 4 is 0 Å². The fourth-order valence-corrected chi connectivity index (χ4v) is 1.09. The lowest BCUT2D eigenvalue weighted by Crippen LogP contribution is -2.35. The number of fused-ring (bicyclic) bond motifs is 1. The van der Waals surface area contributed by atoms with E-state index >= 15 is 0 Å².